The third-order valence-electron chi connectivity index (χ3n) is 2.17. The predicted molar refractivity (Wildman–Crippen MR) is 58.9 cm³/mol. The second-order valence-electron chi connectivity index (χ2n) is 3.49. The lowest BCUT2D eigenvalue weighted by molar-refractivity contribution is -0.136. The first-order valence-electron chi connectivity index (χ1n) is 5.01. The van der Waals surface area contributed by atoms with Crippen molar-refractivity contribution in [3.05, 3.63) is 35.1 Å². The van der Waals surface area contributed by atoms with Crippen molar-refractivity contribution in [3.63, 3.8) is 0 Å². The summed E-state index contributed by atoms with van der Waals surface area (Å²) in [5, 5.41) is 11.2. The molecule has 0 heterocycles. The number of aliphatic carboxylic acids is 1. The third kappa shape index (κ3) is 4.20. The molecule has 0 fully saturated rings. The van der Waals surface area contributed by atoms with Crippen LogP contribution in [0.4, 0.5) is 4.39 Å². The Balaban J connectivity index is 2.54. The molecule has 92 valence electrons. The maximum Gasteiger partial charge on any atom is 0.304 e. The Morgan fingerprint density at radius 2 is 2.12 bits per heavy atom. The molecule has 1 aromatic rings. The van der Waals surface area contributed by atoms with Gasteiger partial charge in [0.15, 0.2) is 0 Å². The number of rotatable bonds is 6. The maximum atomic E-state index is 13.4. The van der Waals surface area contributed by atoms with Crippen LogP contribution >= 0.6 is 0 Å². The molecule has 0 spiro atoms. The summed E-state index contributed by atoms with van der Waals surface area (Å²) in [4.78, 5) is 21.0. The van der Waals surface area contributed by atoms with Crippen LogP contribution in [-0.4, -0.2) is 23.5 Å². The van der Waals surface area contributed by atoms with Crippen molar-refractivity contribution in [3.8, 4) is 0 Å². The number of carboxylic acid groups (broad SMARTS) is 1. The van der Waals surface area contributed by atoms with Crippen LogP contribution in [0.5, 0.6) is 0 Å². The van der Waals surface area contributed by atoms with E-state index in [1.54, 1.807) is 0 Å². The third-order valence-corrected chi connectivity index (χ3v) is 2.17. The number of amides is 1. The van der Waals surface area contributed by atoms with Gasteiger partial charge in [-0.3, -0.25) is 9.59 Å². The van der Waals surface area contributed by atoms with Gasteiger partial charge in [-0.1, -0.05) is 6.07 Å². The molecule has 0 unspecified atom stereocenters. The fraction of sp³-hybridized carbons (Fsp3) is 0.273. The monoisotopic (exact) mass is 240 g/mol. The van der Waals surface area contributed by atoms with Gasteiger partial charge >= 0.3 is 5.97 Å². The van der Waals surface area contributed by atoms with Crippen molar-refractivity contribution in [2.75, 3.05) is 6.54 Å². The molecule has 0 saturated heterocycles. The zero-order chi connectivity index (χ0) is 12.8. The Bertz CT molecular complexity index is 435. The molecule has 6 heteroatoms. The van der Waals surface area contributed by atoms with Gasteiger partial charge in [-0.05, 0) is 12.1 Å². The van der Waals surface area contributed by atoms with E-state index < -0.39 is 17.7 Å². The highest BCUT2D eigenvalue weighted by atomic mass is 19.1. The highest BCUT2D eigenvalue weighted by Gasteiger charge is 2.06. The average molecular weight is 240 g/mol. The fourth-order valence-corrected chi connectivity index (χ4v) is 1.26. The normalized spacial score (nSPS) is 10.2. The fourth-order valence-electron chi connectivity index (χ4n) is 1.26. The summed E-state index contributed by atoms with van der Waals surface area (Å²) < 4.78 is 13.4. The number of carboxylic acids is 1. The molecular weight excluding hydrogens is 227 g/mol. The van der Waals surface area contributed by atoms with E-state index in [-0.39, 0.29) is 25.1 Å². The van der Waals surface area contributed by atoms with Gasteiger partial charge < -0.3 is 16.2 Å². The summed E-state index contributed by atoms with van der Waals surface area (Å²) in [5.41, 5.74) is 5.47. The van der Waals surface area contributed by atoms with E-state index in [0.29, 0.717) is 5.56 Å². The summed E-state index contributed by atoms with van der Waals surface area (Å²) >= 11 is 0. The van der Waals surface area contributed by atoms with Crippen LogP contribution in [0.15, 0.2) is 18.2 Å². The Kier molecular flexibility index (Phi) is 4.59. The highest BCUT2D eigenvalue weighted by Crippen LogP contribution is 2.09. The molecule has 0 aliphatic carbocycles. The van der Waals surface area contributed by atoms with Crippen LogP contribution < -0.4 is 11.1 Å². The standard InChI is InChI=1S/C11H13FN2O3/c12-9-5-7(11(13)17)1-2-8(9)6-14-4-3-10(15)16/h1-2,5,14H,3-4,6H2,(H2,13,17)(H,15,16). The van der Waals surface area contributed by atoms with Gasteiger partial charge in [0.25, 0.3) is 0 Å². The smallest absolute Gasteiger partial charge is 0.304 e. The summed E-state index contributed by atoms with van der Waals surface area (Å²) in [6.45, 7) is 0.463. The van der Waals surface area contributed by atoms with Gasteiger partial charge in [-0.2, -0.15) is 0 Å². The van der Waals surface area contributed by atoms with Crippen LogP contribution in [0.25, 0.3) is 0 Å². The molecular formula is C11H13FN2O3. The molecule has 4 N–H and O–H groups in total. The van der Waals surface area contributed by atoms with Crippen molar-refractivity contribution in [1.82, 2.24) is 5.32 Å². The number of primary amides is 1. The number of nitrogens with two attached hydrogens (primary N) is 1. The second kappa shape index (κ2) is 5.95. The van der Waals surface area contributed by atoms with E-state index in [4.69, 9.17) is 10.8 Å². The minimum Gasteiger partial charge on any atom is -0.481 e. The van der Waals surface area contributed by atoms with Crippen LogP contribution in [0.2, 0.25) is 0 Å². The quantitative estimate of drug-likeness (QED) is 0.631. The van der Waals surface area contributed by atoms with Gasteiger partial charge in [0, 0.05) is 24.2 Å². The van der Waals surface area contributed by atoms with E-state index in [1.165, 1.54) is 12.1 Å². The molecule has 0 aliphatic rings. The Morgan fingerprint density at radius 1 is 1.41 bits per heavy atom. The van der Waals surface area contributed by atoms with Crippen molar-refractivity contribution in [1.29, 1.82) is 0 Å². The summed E-state index contributed by atoms with van der Waals surface area (Å²) in [6.07, 6.45) is -0.0268. The Labute approximate surface area is 97.4 Å². The number of hydrogen-bond acceptors (Lipinski definition) is 3. The second-order valence-corrected chi connectivity index (χ2v) is 3.49. The molecule has 0 atom stereocenters. The van der Waals surface area contributed by atoms with Crippen molar-refractivity contribution < 1.29 is 19.1 Å². The lowest BCUT2D eigenvalue weighted by Gasteiger charge is -2.05. The van der Waals surface area contributed by atoms with Crippen molar-refractivity contribution in [2.45, 2.75) is 13.0 Å². The molecule has 1 aromatic carbocycles. The van der Waals surface area contributed by atoms with E-state index in [2.05, 4.69) is 5.32 Å². The average Bonchev–Trinajstić information content (AvgIpc) is 2.25. The van der Waals surface area contributed by atoms with Gasteiger partial charge in [0.2, 0.25) is 5.91 Å². The molecule has 0 aromatic heterocycles. The van der Waals surface area contributed by atoms with E-state index in [0.717, 1.165) is 6.07 Å². The number of nitrogens with one attached hydrogen (secondary N) is 1. The lowest BCUT2D eigenvalue weighted by atomic mass is 10.1. The van der Waals surface area contributed by atoms with Crippen molar-refractivity contribution in [2.24, 2.45) is 5.73 Å². The lowest BCUT2D eigenvalue weighted by Crippen LogP contribution is -2.19. The first-order valence-corrected chi connectivity index (χ1v) is 5.01. The number of halogens is 1. The summed E-state index contributed by atoms with van der Waals surface area (Å²) in [5.74, 6) is -2.14. The van der Waals surface area contributed by atoms with Gasteiger partial charge in [-0.15, -0.1) is 0 Å². The van der Waals surface area contributed by atoms with Gasteiger partial charge in [-0.25, -0.2) is 4.39 Å². The molecule has 0 bridgehead atoms. The topological polar surface area (TPSA) is 92.4 Å². The Hall–Kier alpha value is -1.95. The number of benzene rings is 1. The maximum absolute atomic E-state index is 13.4. The summed E-state index contributed by atoms with van der Waals surface area (Å²) in [7, 11) is 0. The van der Waals surface area contributed by atoms with Crippen LogP contribution in [0.1, 0.15) is 22.3 Å². The molecule has 5 nitrogen and oxygen atoms in total. The minimum absolute atomic E-state index is 0.0268. The number of carbonyl (C=O) groups is 2. The molecule has 0 radical (unpaired) electrons. The van der Waals surface area contributed by atoms with Crippen LogP contribution in [-0.2, 0) is 11.3 Å². The first kappa shape index (κ1) is 13.1. The van der Waals surface area contributed by atoms with E-state index in [1.807, 2.05) is 0 Å². The van der Waals surface area contributed by atoms with Crippen molar-refractivity contribution >= 4 is 11.9 Å². The van der Waals surface area contributed by atoms with E-state index >= 15 is 0 Å². The van der Waals surface area contributed by atoms with Crippen LogP contribution in [0.3, 0.4) is 0 Å². The minimum atomic E-state index is -0.915. The number of hydrogen-bond donors (Lipinski definition) is 3. The molecule has 0 aliphatic heterocycles. The molecule has 1 amide bonds. The zero-order valence-corrected chi connectivity index (χ0v) is 9.07. The SMILES string of the molecule is NC(=O)c1ccc(CNCCC(=O)O)c(F)c1. The molecule has 0 saturated carbocycles. The zero-order valence-electron chi connectivity index (χ0n) is 9.07. The number of carbonyl (C=O) groups excluding carboxylic acids is 1. The van der Waals surface area contributed by atoms with Crippen LogP contribution in [0, 0.1) is 5.82 Å². The summed E-state index contributed by atoms with van der Waals surface area (Å²) in [6, 6.07) is 3.94. The molecule has 1 rings (SSSR count). The van der Waals surface area contributed by atoms with E-state index in [9.17, 15) is 14.0 Å². The molecule has 17 heavy (non-hydrogen) atoms. The first-order chi connectivity index (χ1) is 8.00. The predicted octanol–water partition coefficient (Wildman–Crippen LogP) is 0.489. The highest BCUT2D eigenvalue weighted by molar-refractivity contribution is 5.92. The Morgan fingerprint density at radius 3 is 2.65 bits per heavy atom. The largest absolute Gasteiger partial charge is 0.481 e. The van der Waals surface area contributed by atoms with Gasteiger partial charge in [0.05, 0.1) is 6.42 Å². The van der Waals surface area contributed by atoms with Gasteiger partial charge in [0.1, 0.15) is 5.82 Å².